The number of rotatable bonds is 5. The van der Waals surface area contributed by atoms with Crippen molar-refractivity contribution in [2.45, 2.75) is 45.7 Å². The van der Waals surface area contributed by atoms with E-state index in [0.717, 1.165) is 35.8 Å². The molecule has 0 saturated carbocycles. The molecule has 2 aromatic rings. The van der Waals surface area contributed by atoms with Crippen LogP contribution in [0.4, 0.5) is 0 Å². The number of hydrogen-bond donors (Lipinski definition) is 1. The molecule has 0 bridgehead atoms. The molecule has 2 amide bonds. The van der Waals surface area contributed by atoms with Gasteiger partial charge >= 0.3 is 0 Å². The lowest BCUT2D eigenvalue weighted by Crippen LogP contribution is -2.29. The van der Waals surface area contributed by atoms with Crippen LogP contribution in [-0.2, 0) is 22.6 Å². The molecule has 1 fully saturated rings. The lowest BCUT2D eigenvalue weighted by Gasteiger charge is -2.22. The standard InChI is InChI=1S/C17H21N5O2S/c1-11-20-13(10-25-11)6-17(24)19-8-14-7-18-9-15(21-14)16-4-3-5-22(16)12(2)23/h7,9-10,16H,3-6,8H2,1-2H3,(H,19,24). The minimum atomic E-state index is -0.0938. The number of carbonyl (C=O) groups is 2. The first-order valence-corrected chi connectivity index (χ1v) is 9.16. The van der Waals surface area contributed by atoms with Gasteiger partial charge in [0.2, 0.25) is 11.8 Å². The summed E-state index contributed by atoms with van der Waals surface area (Å²) in [6, 6.07) is -0.0152. The van der Waals surface area contributed by atoms with Crippen molar-refractivity contribution in [2.75, 3.05) is 6.54 Å². The monoisotopic (exact) mass is 359 g/mol. The van der Waals surface area contributed by atoms with Gasteiger partial charge < -0.3 is 10.2 Å². The predicted octanol–water partition coefficient (Wildman–Crippen LogP) is 1.78. The molecule has 1 aliphatic rings. The summed E-state index contributed by atoms with van der Waals surface area (Å²) in [5.41, 5.74) is 2.26. The summed E-state index contributed by atoms with van der Waals surface area (Å²) < 4.78 is 0. The van der Waals surface area contributed by atoms with E-state index in [1.165, 1.54) is 11.3 Å². The Hall–Kier alpha value is -2.35. The molecule has 1 unspecified atom stereocenters. The van der Waals surface area contributed by atoms with Crippen molar-refractivity contribution < 1.29 is 9.59 Å². The van der Waals surface area contributed by atoms with E-state index in [1.807, 2.05) is 17.2 Å². The van der Waals surface area contributed by atoms with E-state index in [2.05, 4.69) is 20.3 Å². The highest BCUT2D eigenvalue weighted by Gasteiger charge is 2.29. The Bertz CT molecular complexity index is 776. The lowest BCUT2D eigenvalue weighted by atomic mass is 10.1. The minimum Gasteiger partial charge on any atom is -0.350 e. The summed E-state index contributed by atoms with van der Waals surface area (Å²) in [4.78, 5) is 38.7. The van der Waals surface area contributed by atoms with Crippen molar-refractivity contribution in [1.29, 1.82) is 0 Å². The van der Waals surface area contributed by atoms with Gasteiger partial charge in [-0.2, -0.15) is 0 Å². The van der Waals surface area contributed by atoms with E-state index in [9.17, 15) is 9.59 Å². The summed E-state index contributed by atoms with van der Waals surface area (Å²) in [6.07, 6.45) is 5.48. The molecule has 7 nitrogen and oxygen atoms in total. The first-order chi connectivity index (χ1) is 12.0. The Kier molecular flexibility index (Phi) is 5.37. The van der Waals surface area contributed by atoms with E-state index in [1.54, 1.807) is 19.3 Å². The van der Waals surface area contributed by atoms with Crippen molar-refractivity contribution in [3.05, 3.63) is 39.9 Å². The second kappa shape index (κ2) is 7.69. The summed E-state index contributed by atoms with van der Waals surface area (Å²) >= 11 is 1.53. The molecule has 1 atom stereocenters. The zero-order valence-corrected chi connectivity index (χ0v) is 15.2. The van der Waals surface area contributed by atoms with Crippen LogP contribution in [0.25, 0.3) is 0 Å². The molecule has 0 spiro atoms. The average Bonchev–Trinajstić information content (AvgIpc) is 3.22. The number of amides is 2. The molecule has 0 aromatic carbocycles. The molecule has 1 aliphatic heterocycles. The smallest absolute Gasteiger partial charge is 0.226 e. The van der Waals surface area contributed by atoms with Gasteiger partial charge in [-0.3, -0.25) is 19.6 Å². The maximum Gasteiger partial charge on any atom is 0.226 e. The van der Waals surface area contributed by atoms with Crippen molar-refractivity contribution in [2.24, 2.45) is 0 Å². The van der Waals surface area contributed by atoms with E-state index >= 15 is 0 Å². The van der Waals surface area contributed by atoms with Crippen molar-refractivity contribution in [1.82, 2.24) is 25.2 Å². The largest absolute Gasteiger partial charge is 0.350 e. The zero-order chi connectivity index (χ0) is 17.8. The Labute approximate surface area is 150 Å². The van der Waals surface area contributed by atoms with Gasteiger partial charge in [-0.1, -0.05) is 0 Å². The number of nitrogens with zero attached hydrogens (tertiary/aromatic N) is 4. The molecule has 2 aromatic heterocycles. The molecule has 3 heterocycles. The van der Waals surface area contributed by atoms with Crippen molar-refractivity contribution >= 4 is 23.2 Å². The van der Waals surface area contributed by atoms with Gasteiger partial charge in [0, 0.05) is 18.8 Å². The molecular formula is C17H21N5O2S. The van der Waals surface area contributed by atoms with Crippen LogP contribution in [0.3, 0.4) is 0 Å². The van der Waals surface area contributed by atoms with Gasteiger partial charge in [0.1, 0.15) is 0 Å². The van der Waals surface area contributed by atoms with Gasteiger partial charge in [-0.25, -0.2) is 4.98 Å². The fourth-order valence-electron chi connectivity index (χ4n) is 3.03. The molecule has 25 heavy (non-hydrogen) atoms. The predicted molar refractivity (Wildman–Crippen MR) is 93.8 cm³/mol. The average molecular weight is 359 g/mol. The third-order valence-electron chi connectivity index (χ3n) is 4.18. The summed E-state index contributed by atoms with van der Waals surface area (Å²) in [7, 11) is 0. The Morgan fingerprint density at radius 3 is 2.88 bits per heavy atom. The Morgan fingerprint density at radius 2 is 2.16 bits per heavy atom. The fraction of sp³-hybridized carbons (Fsp3) is 0.471. The van der Waals surface area contributed by atoms with Crippen LogP contribution in [0.5, 0.6) is 0 Å². The van der Waals surface area contributed by atoms with Crippen molar-refractivity contribution in [3.63, 3.8) is 0 Å². The van der Waals surface area contributed by atoms with Crippen LogP contribution < -0.4 is 5.32 Å². The van der Waals surface area contributed by atoms with Crippen LogP contribution in [-0.4, -0.2) is 38.2 Å². The maximum absolute atomic E-state index is 12.0. The molecule has 0 aliphatic carbocycles. The highest BCUT2D eigenvalue weighted by Crippen LogP contribution is 2.30. The van der Waals surface area contributed by atoms with E-state index in [0.29, 0.717) is 12.2 Å². The van der Waals surface area contributed by atoms with Gasteiger partial charge in [-0.05, 0) is 19.8 Å². The molecular weight excluding hydrogens is 338 g/mol. The molecule has 8 heteroatoms. The summed E-state index contributed by atoms with van der Waals surface area (Å²) in [5.74, 6) is -0.0368. The normalized spacial score (nSPS) is 16.9. The summed E-state index contributed by atoms with van der Waals surface area (Å²) in [5, 5.41) is 5.70. The summed E-state index contributed by atoms with van der Waals surface area (Å²) in [6.45, 7) is 4.57. The number of aromatic nitrogens is 3. The third-order valence-corrected chi connectivity index (χ3v) is 5.00. The van der Waals surface area contributed by atoms with Gasteiger partial charge in [-0.15, -0.1) is 11.3 Å². The highest BCUT2D eigenvalue weighted by molar-refractivity contribution is 7.09. The topological polar surface area (TPSA) is 88.1 Å². The first kappa shape index (κ1) is 17.5. The number of carbonyl (C=O) groups excluding carboxylic acids is 2. The zero-order valence-electron chi connectivity index (χ0n) is 14.4. The SMILES string of the molecule is CC(=O)N1CCCC1c1cncc(CNC(=O)Cc2csc(C)n2)n1. The highest BCUT2D eigenvalue weighted by atomic mass is 32.1. The van der Waals surface area contributed by atoms with E-state index in [-0.39, 0.29) is 24.3 Å². The second-order valence-electron chi connectivity index (χ2n) is 6.12. The fourth-order valence-corrected chi connectivity index (χ4v) is 3.64. The van der Waals surface area contributed by atoms with Crippen LogP contribution in [0.1, 0.15) is 47.9 Å². The van der Waals surface area contributed by atoms with Crippen LogP contribution in [0, 0.1) is 6.92 Å². The number of thiazole rings is 1. The molecule has 132 valence electrons. The molecule has 0 radical (unpaired) electrons. The Morgan fingerprint density at radius 1 is 1.32 bits per heavy atom. The molecule has 1 saturated heterocycles. The third kappa shape index (κ3) is 4.39. The number of aryl methyl sites for hydroxylation is 1. The maximum atomic E-state index is 12.0. The molecule has 1 N–H and O–H groups in total. The lowest BCUT2D eigenvalue weighted by molar-refractivity contribution is -0.129. The molecule has 3 rings (SSSR count). The van der Waals surface area contributed by atoms with Gasteiger partial charge in [0.15, 0.2) is 0 Å². The second-order valence-corrected chi connectivity index (χ2v) is 7.18. The number of hydrogen-bond acceptors (Lipinski definition) is 6. The number of likely N-dealkylation sites (tertiary alicyclic amines) is 1. The first-order valence-electron chi connectivity index (χ1n) is 8.28. The minimum absolute atomic E-state index is 0.0152. The number of nitrogens with one attached hydrogen (secondary N) is 1. The van der Waals surface area contributed by atoms with E-state index in [4.69, 9.17) is 0 Å². The Balaban J connectivity index is 1.60. The van der Waals surface area contributed by atoms with Gasteiger partial charge in [0.05, 0.1) is 53.5 Å². The van der Waals surface area contributed by atoms with E-state index < -0.39 is 0 Å². The van der Waals surface area contributed by atoms with Crippen molar-refractivity contribution in [3.8, 4) is 0 Å². The van der Waals surface area contributed by atoms with Crippen LogP contribution in [0.15, 0.2) is 17.8 Å². The van der Waals surface area contributed by atoms with Gasteiger partial charge in [0.25, 0.3) is 0 Å². The van der Waals surface area contributed by atoms with Crippen LogP contribution in [0.2, 0.25) is 0 Å². The van der Waals surface area contributed by atoms with Crippen LogP contribution >= 0.6 is 11.3 Å². The quantitative estimate of drug-likeness (QED) is 0.879.